The van der Waals surface area contributed by atoms with Gasteiger partial charge in [-0.3, -0.25) is 14.5 Å². The number of piperazine rings is 1. The Bertz CT molecular complexity index is 886. The van der Waals surface area contributed by atoms with E-state index in [1.165, 1.54) is 41.6 Å². The first kappa shape index (κ1) is 24.2. The van der Waals surface area contributed by atoms with Crippen LogP contribution in [0.2, 0.25) is 0 Å². The van der Waals surface area contributed by atoms with E-state index in [4.69, 9.17) is 0 Å². The number of carbonyl (C=O) groups is 2. The van der Waals surface area contributed by atoms with Crippen molar-refractivity contribution < 1.29 is 14.0 Å². The quantitative estimate of drug-likeness (QED) is 0.573. The Balaban J connectivity index is 1.38. The molecule has 0 radical (unpaired) electrons. The molecule has 0 aliphatic carbocycles. The molecule has 2 aromatic carbocycles. The van der Waals surface area contributed by atoms with Gasteiger partial charge in [-0.1, -0.05) is 31.2 Å². The lowest BCUT2D eigenvalue weighted by molar-refractivity contribution is -0.118. The molecule has 172 valence electrons. The average molecular weight is 459 g/mol. The zero-order chi connectivity index (χ0) is 22.8. The van der Waals surface area contributed by atoms with Gasteiger partial charge in [0, 0.05) is 45.0 Å². The third-order valence-corrected chi connectivity index (χ3v) is 6.43. The monoisotopic (exact) mass is 458 g/mol. The summed E-state index contributed by atoms with van der Waals surface area (Å²) in [6, 6.07) is 13.8. The number of hydrogen-bond donors (Lipinski definition) is 2. The molecule has 2 amide bonds. The fraction of sp³-hybridized carbons (Fsp3) is 0.417. The van der Waals surface area contributed by atoms with Crippen molar-refractivity contribution in [1.82, 2.24) is 15.1 Å². The van der Waals surface area contributed by atoms with Crippen LogP contribution >= 0.6 is 11.8 Å². The maximum Gasteiger partial charge on any atom is 0.234 e. The first-order chi connectivity index (χ1) is 15.5. The van der Waals surface area contributed by atoms with Crippen LogP contribution in [-0.4, -0.2) is 65.8 Å². The summed E-state index contributed by atoms with van der Waals surface area (Å²) in [4.78, 5) is 29.1. The molecule has 0 spiro atoms. The zero-order valence-electron chi connectivity index (χ0n) is 18.5. The number of amides is 2. The van der Waals surface area contributed by atoms with Crippen LogP contribution in [0.3, 0.4) is 0 Å². The predicted molar refractivity (Wildman–Crippen MR) is 128 cm³/mol. The fourth-order valence-corrected chi connectivity index (χ4v) is 4.25. The van der Waals surface area contributed by atoms with Crippen molar-refractivity contribution >= 4 is 29.3 Å². The van der Waals surface area contributed by atoms with Gasteiger partial charge in [-0.15, -0.1) is 11.8 Å². The SMILES string of the molecule is CCN1CCN(Cc2ccccc2CNC(=O)CSCC(=O)Nc2ccc(F)cc2)CC1. The summed E-state index contributed by atoms with van der Waals surface area (Å²) < 4.78 is 12.9. The van der Waals surface area contributed by atoms with Gasteiger partial charge < -0.3 is 15.5 Å². The van der Waals surface area contributed by atoms with Gasteiger partial charge in [0.05, 0.1) is 11.5 Å². The fourth-order valence-electron chi connectivity index (χ4n) is 3.60. The van der Waals surface area contributed by atoms with Crippen molar-refractivity contribution in [2.24, 2.45) is 0 Å². The van der Waals surface area contributed by atoms with Crippen LogP contribution < -0.4 is 10.6 Å². The van der Waals surface area contributed by atoms with Gasteiger partial charge in [0.2, 0.25) is 11.8 Å². The normalized spacial score (nSPS) is 14.8. The van der Waals surface area contributed by atoms with Gasteiger partial charge in [0.1, 0.15) is 5.82 Å². The Hall–Kier alpha value is -2.42. The minimum Gasteiger partial charge on any atom is -0.351 e. The van der Waals surface area contributed by atoms with Crippen LogP contribution in [-0.2, 0) is 22.7 Å². The molecule has 2 aromatic rings. The van der Waals surface area contributed by atoms with Crippen molar-refractivity contribution in [3.05, 3.63) is 65.5 Å². The van der Waals surface area contributed by atoms with Crippen LogP contribution in [0, 0.1) is 5.82 Å². The molecule has 1 aliphatic heterocycles. The molecule has 0 aromatic heterocycles. The number of halogens is 1. The van der Waals surface area contributed by atoms with Crippen molar-refractivity contribution in [2.75, 3.05) is 49.5 Å². The zero-order valence-corrected chi connectivity index (χ0v) is 19.3. The highest BCUT2D eigenvalue weighted by atomic mass is 32.2. The molecule has 1 heterocycles. The summed E-state index contributed by atoms with van der Waals surface area (Å²) in [7, 11) is 0. The second kappa shape index (κ2) is 12.6. The van der Waals surface area contributed by atoms with E-state index in [2.05, 4.69) is 39.5 Å². The van der Waals surface area contributed by atoms with Crippen molar-refractivity contribution in [3.8, 4) is 0 Å². The first-order valence-electron chi connectivity index (χ1n) is 10.9. The van der Waals surface area contributed by atoms with Gasteiger partial charge in [-0.25, -0.2) is 4.39 Å². The van der Waals surface area contributed by atoms with Crippen LogP contribution in [0.25, 0.3) is 0 Å². The predicted octanol–water partition coefficient (Wildman–Crippen LogP) is 2.95. The second-order valence-corrected chi connectivity index (χ2v) is 8.79. The molecule has 6 nitrogen and oxygen atoms in total. The summed E-state index contributed by atoms with van der Waals surface area (Å²) in [6.07, 6.45) is 0. The largest absolute Gasteiger partial charge is 0.351 e. The summed E-state index contributed by atoms with van der Waals surface area (Å²) in [5, 5.41) is 5.65. The number of thioether (sulfide) groups is 1. The molecular weight excluding hydrogens is 427 g/mol. The van der Waals surface area contributed by atoms with Gasteiger partial charge in [-0.2, -0.15) is 0 Å². The third-order valence-electron chi connectivity index (χ3n) is 5.49. The third kappa shape index (κ3) is 7.93. The molecule has 0 bridgehead atoms. The highest BCUT2D eigenvalue weighted by molar-refractivity contribution is 8.00. The summed E-state index contributed by atoms with van der Waals surface area (Å²) in [5.41, 5.74) is 2.90. The summed E-state index contributed by atoms with van der Waals surface area (Å²) >= 11 is 1.25. The summed E-state index contributed by atoms with van der Waals surface area (Å²) in [6.45, 7) is 8.99. The highest BCUT2D eigenvalue weighted by Gasteiger charge is 2.16. The van der Waals surface area contributed by atoms with Gasteiger partial charge in [0.25, 0.3) is 0 Å². The minimum atomic E-state index is -0.352. The van der Waals surface area contributed by atoms with E-state index in [1.807, 2.05) is 12.1 Å². The van der Waals surface area contributed by atoms with Crippen molar-refractivity contribution in [2.45, 2.75) is 20.0 Å². The highest BCUT2D eigenvalue weighted by Crippen LogP contribution is 2.14. The number of rotatable bonds is 10. The average Bonchev–Trinajstić information content (AvgIpc) is 2.80. The number of benzene rings is 2. The van der Waals surface area contributed by atoms with E-state index < -0.39 is 0 Å². The van der Waals surface area contributed by atoms with E-state index >= 15 is 0 Å². The molecule has 2 N–H and O–H groups in total. The molecule has 0 atom stereocenters. The molecule has 3 rings (SSSR count). The Kier molecular flexibility index (Phi) is 9.52. The topological polar surface area (TPSA) is 64.7 Å². The molecule has 1 fully saturated rings. The smallest absolute Gasteiger partial charge is 0.234 e. The maximum absolute atomic E-state index is 12.9. The first-order valence-corrected chi connectivity index (χ1v) is 12.1. The lowest BCUT2D eigenvalue weighted by Crippen LogP contribution is -2.45. The number of hydrogen-bond acceptors (Lipinski definition) is 5. The molecule has 8 heteroatoms. The Morgan fingerprint density at radius 2 is 1.53 bits per heavy atom. The van der Waals surface area contributed by atoms with Gasteiger partial charge >= 0.3 is 0 Å². The lowest BCUT2D eigenvalue weighted by Gasteiger charge is -2.34. The molecule has 32 heavy (non-hydrogen) atoms. The number of carbonyl (C=O) groups excluding carboxylic acids is 2. The van der Waals surface area contributed by atoms with E-state index in [0.29, 0.717) is 12.2 Å². The van der Waals surface area contributed by atoms with E-state index in [-0.39, 0.29) is 29.1 Å². The number of likely N-dealkylation sites (N-methyl/N-ethyl adjacent to an activating group) is 1. The molecule has 1 aliphatic rings. The van der Waals surface area contributed by atoms with Gasteiger partial charge in [0.15, 0.2) is 0 Å². The lowest BCUT2D eigenvalue weighted by atomic mass is 10.1. The molecule has 0 saturated carbocycles. The molecule has 0 unspecified atom stereocenters. The summed E-state index contributed by atoms with van der Waals surface area (Å²) in [5.74, 6) is -0.308. The molecule has 1 saturated heterocycles. The van der Waals surface area contributed by atoms with Crippen LogP contribution in [0.15, 0.2) is 48.5 Å². The van der Waals surface area contributed by atoms with Crippen LogP contribution in [0.5, 0.6) is 0 Å². The Morgan fingerprint density at radius 1 is 0.906 bits per heavy atom. The Morgan fingerprint density at radius 3 is 2.22 bits per heavy atom. The van der Waals surface area contributed by atoms with Crippen molar-refractivity contribution in [3.63, 3.8) is 0 Å². The number of anilines is 1. The molecular formula is C24H31FN4O2S. The minimum absolute atomic E-state index is 0.101. The van der Waals surface area contributed by atoms with Crippen LogP contribution in [0.1, 0.15) is 18.1 Å². The van der Waals surface area contributed by atoms with E-state index in [1.54, 1.807) is 0 Å². The standard InChI is InChI=1S/C24H31FN4O2S/c1-2-28-11-13-29(14-12-28)16-20-6-4-3-5-19(20)15-26-23(30)17-32-18-24(31)27-22-9-7-21(25)8-10-22/h3-10H,2,11-18H2,1H3,(H,26,30)(H,27,31). The number of nitrogens with one attached hydrogen (secondary N) is 2. The van der Waals surface area contributed by atoms with E-state index in [0.717, 1.165) is 44.8 Å². The van der Waals surface area contributed by atoms with Gasteiger partial charge in [-0.05, 0) is 41.9 Å². The van der Waals surface area contributed by atoms with Crippen molar-refractivity contribution in [1.29, 1.82) is 0 Å². The second-order valence-electron chi connectivity index (χ2n) is 7.80. The van der Waals surface area contributed by atoms with E-state index in [9.17, 15) is 14.0 Å². The Labute approximate surface area is 193 Å². The van der Waals surface area contributed by atoms with Crippen LogP contribution in [0.4, 0.5) is 10.1 Å². The maximum atomic E-state index is 12.9. The number of nitrogens with zero attached hydrogens (tertiary/aromatic N) is 2.